The van der Waals surface area contributed by atoms with Crippen LogP contribution in [0.1, 0.15) is 38.7 Å². The topological polar surface area (TPSA) is 61.7 Å². The van der Waals surface area contributed by atoms with E-state index in [4.69, 9.17) is 11.6 Å². The third kappa shape index (κ3) is 5.01. The zero-order valence-electron chi connectivity index (χ0n) is 11.2. The average Bonchev–Trinajstić information content (AvgIpc) is 2.42. The quantitative estimate of drug-likeness (QED) is 0.622. The molecule has 0 fully saturated rings. The number of hydrogen-bond acceptors (Lipinski definition) is 3. The molecule has 0 aliphatic heterocycles. The van der Waals surface area contributed by atoms with Gasteiger partial charge in [0, 0.05) is 10.6 Å². The number of carbonyl (C=O) groups is 1. The van der Waals surface area contributed by atoms with Crippen molar-refractivity contribution in [3.05, 3.63) is 34.9 Å². The van der Waals surface area contributed by atoms with Crippen molar-refractivity contribution >= 4 is 23.2 Å². The van der Waals surface area contributed by atoms with E-state index in [1.165, 1.54) is 0 Å². The van der Waals surface area contributed by atoms with Crippen LogP contribution in [0.2, 0.25) is 5.02 Å². The number of benzene rings is 1. The molecule has 0 heterocycles. The molecule has 0 spiro atoms. The van der Waals surface area contributed by atoms with Gasteiger partial charge in [0.1, 0.15) is 6.10 Å². The molecule has 0 aliphatic carbocycles. The van der Waals surface area contributed by atoms with E-state index in [1.54, 1.807) is 13.0 Å². The Kier molecular flexibility index (Phi) is 6.53. The Labute approximate surface area is 118 Å². The van der Waals surface area contributed by atoms with Crippen LogP contribution in [0, 0.1) is 0 Å². The molecule has 0 bridgehead atoms. The van der Waals surface area contributed by atoms with Gasteiger partial charge in [-0.3, -0.25) is 4.79 Å². The van der Waals surface area contributed by atoms with E-state index in [0.29, 0.717) is 17.2 Å². The number of amides is 1. The number of carbonyl (C=O) groups excluding carboxylic acids is 1. The molecule has 104 valence electrons. The summed E-state index contributed by atoms with van der Waals surface area (Å²) >= 11 is 6.02. The van der Waals surface area contributed by atoms with Gasteiger partial charge < -0.3 is 5.11 Å². The zero-order chi connectivity index (χ0) is 14.3. The van der Waals surface area contributed by atoms with Crippen molar-refractivity contribution in [1.82, 2.24) is 5.43 Å². The molecule has 1 atom stereocenters. The zero-order valence-corrected chi connectivity index (χ0v) is 11.9. The first-order valence-electron chi connectivity index (χ1n) is 6.33. The molecule has 1 aromatic rings. The van der Waals surface area contributed by atoms with Crippen molar-refractivity contribution in [2.24, 2.45) is 5.10 Å². The minimum atomic E-state index is -1.01. The molecule has 0 aromatic heterocycles. The van der Waals surface area contributed by atoms with Crippen LogP contribution in [0.5, 0.6) is 0 Å². The SMILES string of the molecule is CCCCC(O)C(=O)N/N=C(\C)c1ccccc1Cl. The molecular weight excluding hydrogens is 264 g/mol. The van der Waals surface area contributed by atoms with Crippen LogP contribution in [-0.4, -0.2) is 22.8 Å². The van der Waals surface area contributed by atoms with Gasteiger partial charge in [-0.2, -0.15) is 5.10 Å². The van der Waals surface area contributed by atoms with Crippen LogP contribution in [0.4, 0.5) is 0 Å². The van der Waals surface area contributed by atoms with Gasteiger partial charge in [-0.25, -0.2) is 5.43 Å². The predicted molar refractivity (Wildman–Crippen MR) is 77.3 cm³/mol. The van der Waals surface area contributed by atoms with E-state index in [9.17, 15) is 9.90 Å². The molecule has 19 heavy (non-hydrogen) atoms. The number of nitrogens with one attached hydrogen (secondary N) is 1. The van der Waals surface area contributed by atoms with Gasteiger partial charge in [0.15, 0.2) is 0 Å². The molecule has 2 N–H and O–H groups in total. The first kappa shape index (κ1) is 15.7. The Hall–Kier alpha value is -1.39. The van der Waals surface area contributed by atoms with E-state index >= 15 is 0 Å². The summed E-state index contributed by atoms with van der Waals surface area (Å²) in [6.07, 6.45) is 1.18. The molecule has 1 aromatic carbocycles. The van der Waals surface area contributed by atoms with E-state index in [1.807, 2.05) is 25.1 Å². The Bertz CT molecular complexity index is 461. The lowest BCUT2D eigenvalue weighted by Crippen LogP contribution is -2.31. The molecule has 0 aliphatic rings. The summed E-state index contributed by atoms with van der Waals surface area (Å²) in [5.41, 5.74) is 3.71. The number of nitrogens with zero attached hydrogens (tertiary/aromatic N) is 1. The molecular formula is C14H19ClN2O2. The highest BCUT2D eigenvalue weighted by atomic mass is 35.5. The van der Waals surface area contributed by atoms with Crippen LogP contribution in [0.3, 0.4) is 0 Å². The number of hydrazone groups is 1. The molecule has 4 nitrogen and oxygen atoms in total. The standard InChI is InChI=1S/C14H19ClN2O2/c1-3-4-9-13(18)14(19)17-16-10(2)11-7-5-6-8-12(11)15/h5-8,13,18H,3-4,9H2,1-2H3,(H,17,19)/b16-10+. The highest BCUT2D eigenvalue weighted by Crippen LogP contribution is 2.15. The summed E-state index contributed by atoms with van der Waals surface area (Å²) in [7, 11) is 0. The number of aliphatic hydroxyl groups excluding tert-OH is 1. The van der Waals surface area contributed by atoms with Crippen molar-refractivity contribution in [3.8, 4) is 0 Å². The third-order valence-electron chi connectivity index (χ3n) is 2.73. The molecule has 5 heteroatoms. The highest BCUT2D eigenvalue weighted by molar-refractivity contribution is 6.34. The summed E-state index contributed by atoms with van der Waals surface area (Å²) in [5.74, 6) is -0.486. The van der Waals surface area contributed by atoms with E-state index in [0.717, 1.165) is 18.4 Å². The average molecular weight is 283 g/mol. The fourth-order valence-corrected chi connectivity index (χ4v) is 1.83. The van der Waals surface area contributed by atoms with Gasteiger partial charge in [-0.15, -0.1) is 0 Å². The Balaban J connectivity index is 2.61. The monoisotopic (exact) mass is 282 g/mol. The van der Waals surface area contributed by atoms with Crippen LogP contribution in [0.25, 0.3) is 0 Å². The van der Waals surface area contributed by atoms with Crippen LogP contribution in [0.15, 0.2) is 29.4 Å². The lowest BCUT2D eigenvalue weighted by Gasteiger charge is -2.09. The molecule has 0 radical (unpaired) electrons. The van der Waals surface area contributed by atoms with Gasteiger partial charge in [0.2, 0.25) is 0 Å². The molecule has 1 unspecified atom stereocenters. The van der Waals surface area contributed by atoms with E-state index in [-0.39, 0.29) is 0 Å². The Morgan fingerprint density at radius 1 is 1.47 bits per heavy atom. The summed E-state index contributed by atoms with van der Waals surface area (Å²) in [4.78, 5) is 11.6. The maximum absolute atomic E-state index is 11.6. The van der Waals surface area contributed by atoms with Crippen LogP contribution >= 0.6 is 11.6 Å². The first-order chi connectivity index (χ1) is 9.06. The largest absolute Gasteiger partial charge is 0.383 e. The van der Waals surface area contributed by atoms with Crippen LogP contribution in [-0.2, 0) is 4.79 Å². The summed E-state index contributed by atoms with van der Waals surface area (Å²) in [6.45, 7) is 3.75. The minimum absolute atomic E-state index is 0.447. The Morgan fingerprint density at radius 2 is 2.16 bits per heavy atom. The van der Waals surface area contributed by atoms with E-state index in [2.05, 4.69) is 10.5 Å². The predicted octanol–water partition coefficient (Wildman–Crippen LogP) is 2.73. The van der Waals surface area contributed by atoms with Crippen molar-refractivity contribution < 1.29 is 9.90 Å². The normalized spacial score (nSPS) is 13.2. The molecule has 0 saturated carbocycles. The number of unbranched alkanes of at least 4 members (excludes halogenated alkanes) is 1. The van der Waals surface area contributed by atoms with Gasteiger partial charge in [-0.1, -0.05) is 49.6 Å². The number of halogens is 1. The number of hydrogen-bond donors (Lipinski definition) is 2. The minimum Gasteiger partial charge on any atom is -0.383 e. The third-order valence-corrected chi connectivity index (χ3v) is 3.06. The van der Waals surface area contributed by atoms with Crippen molar-refractivity contribution in [1.29, 1.82) is 0 Å². The number of aliphatic hydroxyl groups is 1. The molecule has 1 amide bonds. The smallest absolute Gasteiger partial charge is 0.268 e. The lowest BCUT2D eigenvalue weighted by atomic mass is 10.1. The van der Waals surface area contributed by atoms with Gasteiger partial charge in [-0.05, 0) is 19.4 Å². The summed E-state index contributed by atoms with van der Waals surface area (Å²) in [6, 6.07) is 7.25. The lowest BCUT2D eigenvalue weighted by molar-refractivity contribution is -0.129. The van der Waals surface area contributed by atoms with E-state index < -0.39 is 12.0 Å². The fourth-order valence-electron chi connectivity index (χ4n) is 1.56. The summed E-state index contributed by atoms with van der Waals surface area (Å²) in [5, 5.41) is 14.1. The fraction of sp³-hybridized carbons (Fsp3) is 0.429. The maximum atomic E-state index is 11.6. The Morgan fingerprint density at radius 3 is 2.79 bits per heavy atom. The van der Waals surface area contributed by atoms with Crippen molar-refractivity contribution in [2.45, 2.75) is 39.2 Å². The van der Waals surface area contributed by atoms with Crippen LogP contribution < -0.4 is 5.43 Å². The highest BCUT2D eigenvalue weighted by Gasteiger charge is 2.13. The first-order valence-corrected chi connectivity index (χ1v) is 6.71. The van der Waals surface area contributed by atoms with Gasteiger partial charge in [0.05, 0.1) is 5.71 Å². The van der Waals surface area contributed by atoms with Crippen molar-refractivity contribution in [2.75, 3.05) is 0 Å². The second-order valence-electron chi connectivity index (χ2n) is 4.31. The second-order valence-corrected chi connectivity index (χ2v) is 4.72. The molecule has 0 saturated heterocycles. The summed E-state index contributed by atoms with van der Waals surface area (Å²) < 4.78 is 0. The maximum Gasteiger partial charge on any atom is 0.268 e. The van der Waals surface area contributed by atoms with Gasteiger partial charge in [0.25, 0.3) is 5.91 Å². The second kappa shape index (κ2) is 7.92. The number of rotatable bonds is 6. The molecule has 1 rings (SSSR count). The van der Waals surface area contributed by atoms with Gasteiger partial charge >= 0.3 is 0 Å². The van der Waals surface area contributed by atoms with Crippen molar-refractivity contribution in [3.63, 3.8) is 0 Å².